The van der Waals surface area contributed by atoms with E-state index in [1.807, 2.05) is 45.2 Å². The largest absolute Gasteiger partial charge is 0.497 e. The summed E-state index contributed by atoms with van der Waals surface area (Å²) in [5, 5.41) is 11.5. The number of rotatable bonds is 2. The van der Waals surface area contributed by atoms with Crippen LogP contribution in [0.15, 0.2) is 24.3 Å². The molecule has 0 spiro atoms. The number of methoxy groups -OCH3 is 1. The minimum Gasteiger partial charge on any atom is -0.497 e. The number of ether oxygens (including phenoxy) is 2. The molecule has 0 fully saturated rings. The van der Waals surface area contributed by atoms with Crippen molar-refractivity contribution in [3.63, 3.8) is 0 Å². The normalized spacial score (nSPS) is 14.8. The molecule has 104 valence electrons. The molecule has 0 saturated heterocycles. The fraction of sp³-hybridized carbons (Fsp3) is 0.333. The van der Waals surface area contributed by atoms with Crippen molar-refractivity contribution in [2.45, 2.75) is 19.4 Å². The fourth-order valence-corrected chi connectivity index (χ4v) is 2.41. The van der Waals surface area contributed by atoms with Crippen LogP contribution >= 0.6 is 0 Å². The van der Waals surface area contributed by atoms with Crippen molar-refractivity contribution in [1.29, 1.82) is 0 Å². The Morgan fingerprint density at radius 2 is 2.00 bits per heavy atom. The van der Waals surface area contributed by atoms with Gasteiger partial charge in [0.1, 0.15) is 28.6 Å². The minimum absolute atomic E-state index is 0.462. The number of fused-ring (bicyclic) bond motifs is 3. The predicted molar refractivity (Wildman–Crippen MR) is 77.2 cm³/mol. The third kappa shape index (κ3) is 1.86. The summed E-state index contributed by atoms with van der Waals surface area (Å²) in [5.74, 6) is 2.27. The van der Waals surface area contributed by atoms with Crippen molar-refractivity contribution in [3.05, 3.63) is 29.8 Å². The summed E-state index contributed by atoms with van der Waals surface area (Å²) in [6, 6.07) is 7.72. The van der Waals surface area contributed by atoms with Crippen LogP contribution in [-0.2, 0) is 5.60 Å². The molecule has 5 heteroatoms. The lowest BCUT2D eigenvalue weighted by Crippen LogP contribution is -2.30. The second kappa shape index (κ2) is 4.37. The van der Waals surface area contributed by atoms with Crippen LogP contribution in [0.5, 0.6) is 11.5 Å². The maximum Gasteiger partial charge on any atom is 0.148 e. The van der Waals surface area contributed by atoms with Crippen LogP contribution in [0, 0.1) is 0 Å². The molecule has 1 N–H and O–H groups in total. The first-order valence-corrected chi connectivity index (χ1v) is 6.48. The van der Waals surface area contributed by atoms with Gasteiger partial charge in [0.15, 0.2) is 0 Å². The highest BCUT2D eigenvalue weighted by Crippen LogP contribution is 2.45. The molecule has 2 heterocycles. The summed E-state index contributed by atoms with van der Waals surface area (Å²) in [4.78, 5) is 0. The topological polar surface area (TPSA) is 56.3 Å². The molecule has 0 bridgehead atoms. The van der Waals surface area contributed by atoms with Crippen LogP contribution in [0.2, 0.25) is 0 Å². The van der Waals surface area contributed by atoms with Gasteiger partial charge < -0.3 is 14.8 Å². The molecular formula is C15H17N3O2. The molecule has 0 amide bonds. The zero-order valence-electron chi connectivity index (χ0n) is 12.0. The van der Waals surface area contributed by atoms with E-state index >= 15 is 0 Å². The first kappa shape index (κ1) is 12.7. The number of aromatic nitrogens is 2. The van der Waals surface area contributed by atoms with E-state index in [2.05, 4.69) is 15.5 Å². The summed E-state index contributed by atoms with van der Waals surface area (Å²) in [6.07, 6.45) is 0. The van der Waals surface area contributed by atoms with Crippen molar-refractivity contribution in [3.8, 4) is 22.8 Å². The highest BCUT2D eigenvalue weighted by molar-refractivity contribution is 5.74. The van der Waals surface area contributed by atoms with Crippen molar-refractivity contribution in [2.75, 3.05) is 19.5 Å². The van der Waals surface area contributed by atoms with Gasteiger partial charge in [-0.2, -0.15) is 0 Å². The van der Waals surface area contributed by atoms with Gasteiger partial charge in [0.05, 0.1) is 7.11 Å². The molecular weight excluding hydrogens is 254 g/mol. The average molecular weight is 271 g/mol. The van der Waals surface area contributed by atoms with Gasteiger partial charge in [-0.15, -0.1) is 10.2 Å². The lowest BCUT2D eigenvalue weighted by Gasteiger charge is -2.34. The van der Waals surface area contributed by atoms with Crippen LogP contribution in [-0.4, -0.2) is 24.4 Å². The van der Waals surface area contributed by atoms with Gasteiger partial charge >= 0.3 is 0 Å². The molecule has 3 rings (SSSR count). The van der Waals surface area contributed by atoms with Crippen molar-refractivity contribution >= 4 is 5.82 Å². The number of anilines is 1. The lowest BCUT2D eigenvalue weighted by molar-refractivity contribution is 0.104. The van der Waals surface area contributed by atoms with E-state index < -0.39 is 5.60 Å². The molecule has 0 unspecified atom stereocenters. The third-order valence-corrected chi connectivity index (χ3v) is 3.51. The summed E-state index contributed by atoms with van der Waals surface area (Å²) in [6.45, 7) is 4.05. The van der Waals surface area contributed by atoms with Crippen LogP contribution in [0.25, 0.3) is 11.3 Å². The zero-order chi connectivity index (χ0) is 14.3. The number of hydrogen-bond acceptors (Lipinski definition) is 5. The molecule has 2 aromatic rings. The molecule has 5 nitrogen and oxygen atoms in total. The Morgan fingerprint density at radius 3 is 2.70 bits per heavy atom. The molecule has 1 aliphatic heterocycles. The standard InChI is InChI=1S/C15H17N3O2/c1-15(2)11-8-13(16-3)17-18-14(11)10-6-5-9(19-4)7-12(10)20-15/h5-8H,1-4H3,(H,16,17). The highest BCUT2D eigenvalue weighted by Gasteiger charge is 2.34. The Morgan fingerprint density at radius 1 is 1.20 bits per heavy atom. The van der Waals surface area contributed by atoms with Gasteiger partial charge in [0.25, 0.3) is 0 Å². The predicted octanol–water partition coefficient (Wildman–Crippen LogP) is 2.82. The van der Waals surface area contributed by atoms with E-state index in [4.69, 9.17) is 9.47 Å². The quantitative estimate of drug-likeness (QED) is 0.910. The molecule has 1 aromatic carbocycles. The van der Waals surface area contributed by atoms with Gasteiger partial charge in [-0.05, 0) is 32.0 Å². The van der Waals surface area contributed by atoms with Crippen molar-refractivity contribution in [1.82, 2.24) is 10.2 Å². The average Bonchev–Trinajstić information content (AvgIpc) is 2.45. The lowest BCUT2D eigenvalue weighted by atomic mass is 9.90. The fourth-order valence-electron chi connectivity index (χ4n) is 2.41. The molecule has 0 atom stereocenters. The Hall–Kier alpha value is -2.30. The number of benzene rings is 1. The van der Waals surface area contributed by atoms with E-state index in [-0.39, 0.29) is 0 Å². The smallest absolute Gasteiger partial charge is 0.148 e. The van der Waals surface area contributed by atoms with Crippen LogP contribution in [0.1, 0.15) is 19.4 Å². The number of hydrogen-bond donors (Lipinski definition) is 1. The van der Waals surface area contributed by atoms with Crippen LogP contribution in [0.3, 0.4) is 0 Å². The Kier molecular flexibility index (Phi) is 2.78. The second-order valence-electron chi connectivity index (χ2n) is 5.22. The summed E-state index contributed by atoms with van der Waals surface area (Å²) in [7, 11) is 3.47. The van der Waals surface area contributed by atoms with Crippen molar-refractivity contribution in [2.24, 2.45) is 0 Å². The Bertz CT molecular complexity index is 668. The van der Waals surface area contributed by atoms with E-state index in [1.54, 1.807) is 7.11 Å². The van der Waals surface area contributed by atoms with E-state index in [1.165, 1.54) is 0 Å². The summed E-state index contributed by atoms with van der Waals surface area (Å²) in [5.41, 5.74) is 2.36. The van der Waals surface area contributed by atoms with E-state index in [0.717, 1.165) is 34.1 Å². The molecule has 20 heavy (non-hydrogen) atoms. The molecule has 1 aromatic heterocycles. The monoisotopic (exact) mass is 271 g/mol. The molecule has 1 aliphatic rings. The summed E-state index contributed by atoms with van der Waals surface area (Å²) >= 11 is 0. The second-order valence-corrected chi connectivity index (χ2v) is 5.22. The Labute approximate surface area is 117 Å². The number of nitrogens with zero attached hydrogens (tertiary/aromatic N) is 2. The first-order valence-electron chi connectivity index (χ1n) is 6.48. The van der Waals surface area contributed by atoms with Gasteiger partial charge in [-0.25, -0.2) is 0 Å². The van der Waals surface area contributed by atoms with Gasteiger partial charge in [-0.1, -0.05) is 0 Å². The first-order chi connectivity index (χ1) is 9.55. The minimum atomic E-state index is -0.462. The van der Waals surface area contributed by atoms with E-state index in [0.29, 0.717) is 0 Å². The SMILES string of the molecule is CNc1cc2c(nn1)-c1ccc(OC)cc1OC2(C)C. The van der Waals surface area contributed by atoms with E-state index in [9.17, 15) is 0 Å². The summed E-state index contributed by atoms with van der Waals surface area (Å²) < 4.78 is 11.4. The number of nitrogens with one attached hydrogen (secondary N) is 1. The Balaban J connectivity index is 2.22. The molecule has 0 aliphatic carbocycles. The van der Waals surface area contributed by atoms with Crippen molar-refractivity contribution < 1.29 is 9.47 Å². The zero-order valence-corrected chi connectivity index (χ0v) is 12.0. The van der Waals surface area contributed by atoms with Gasteiger partial charge in [0, 0.05) is 24.2 Å². The maximum absolute atomic E-state index is 6.11. The third-order valence-electron chi connectivity index (χ3n) is 3.51. The van der Waals surface area contributed by atoms with Crippen LogP contribution in [0.4, 0.5) is 5.82 Å². The molecule has 0 saturated carbocycles. The maximum atomic E-state index is 6.11. The molecule has 0 radical (unpaired) electrons. The van der Waals surface area contributed by atoms with Gasteiger partial charge in [0.2, 0.25) is 0 Å². The van der Waals surface area contributed by atoms with Gasteiger partial charge in [-0.3, -0.25) is 0 Å². The highest BCUT2D eigenvalue weighted by atomic mass is 16.5. The van der Waals surface area contributed by atoms with Crippen LogP contribution < -0.4 is 14.8 Å².